The average molecular weight is 519 g/mol. The largest absolute Gasteiger partial charge is 0.457 e. The van der Waals surface area contributed by atoms with Gasteiger partial charge in [0.1, 0.15) is 6.10 Å². The fourth-order valence-corrected chi connectivity index (χ4v) is 4.31. The van der Waals surface area contributed by atoms with Crippen molar-refractivity contribution in [3.8, 4) is 0 Å². The highest BCUT2D eigenvalue weighted by Crippen LogP contribution is 2.25. The van der Waals surface area contributed by atoms with Gasteiger partial charge >= 0.3 is 5.97 Å². The average Bonchev–Trinajstić information content (AvgIpc) is 2.79. The van der Waals surface area contributed by atoms with Crippen molar-refractivity contribution in [2.45, 2.75) is 38.0 Å². The summed E-state index contributed by atoms with van der Waals surface area (Å²) in [6.45, 7) is 0.620. The molecule has 0 aliphatic carbocycles. The first-order chi connectivity index (χ1) is 15.4. The number of hydrogen-bond acceptors (Lipinski definition) is 6. The van der Waals surface area contributed by atoms with Gasteiger partial charge in [0.25, 0.3) is 5.56 Å². The maximum atomic E-state index is 12.8. The molecule has 0 amide bonds. The van der Waals surface area contributed by atoms with Crippen LogP contribution >= 0.6 is 27.5 Å². The minimum atomic E-state index is -0.414. The van der Waals surface area contributed by atoms with Crippen LogP contribution in [0.1, 0.15) is 29.6 Å². The smallest absolute Gasteiger partial charge is 0.338 e. The Bertz CT molecular complexity index is 1220. The fourth-order valence-electron chi connectivity index (χ4n) is 3.81. The van der Waals surface area contributed by atoms with Gasteiger partial charge in [0.05, 0.1) is 40.4 Å². The molecule has 1 aliphatic rings. The molecular weight excluding hydrogens is 498 g/mol. The van der Waals surface area contributed by atoms with Crippen LogP contribution in [0.25, 0.3) is 10.9 Å². The quantitative estimate of drug-likeness (QED) is 0.500. The van der Waals surface area contributed by atoms with Crippen LogP contribution in [0.2, 0.25) is 5.02 Å². The van der Waals surface area contributed by atoms with E-state index in [9.17, 15) is 14.4 Å². The van der Waals surface area contributed by atoms with Crippen molar-refractivity contribution in [2.24, 2.45) is 0 Å². The van der Waals surface area contributed by atoms with Crippen molar-refractivity contribution in [3.05, 3.63) is 74.2 Å². The number of esters is 1. The monoisotopic (exact) mass is 517 g/mol. The van der Waals surface area contributed by atoms with E-state index in [-0.39, 0.29) is 30.3 Å². The third-order valence-corrected chi connectivity index (χ3v) is 6.65. The molecule has 0 unspecified atom stereocenters. The molecular formula is C23H21BrClN3O4. The number of nitrogens with one attached hydrogen (secondary N) is 1. The van der Waals surface area contributed by atoms with Gasteiger partial charge in [0.2, 0.25) is 0 Å². The highest BCUT2D eigenvalue weighted by Gasteiger charge is 2.30. The Morgan fingerprint density at radius 1 is 1.25 bits per heavy atom. The molecule has 2 heterocycles. The molecule has 0 bridgehead atoms. The highest BCUT2D eigenvalue weighted by atomic mass is 79.9. The molecule has 2 aromatic carbocycles. The first-order valence-corrected chi connectivity index (χ1v) is 11.4. The van der Waals surface area contributed by atoms with Crippen LogP contribution in [0, 0.1) is 0 Å². The first kappa shape index (κ1) is 22.6. The van der Waals surface area contributed by atoms with Gasteiger partial charge in [-0.1, -0.05) is 29.8 Å². The summed E-state index contributed by atoms with van der Waals surface area (Å²) in [5.41, 5.74) is 0.639. The van der Waals surface area contributed by atoms with Gasteiger partial charge in [-0.3, -0.25) is 14.2 Å². The minimum Gasteiger partial charge on any atom is -0.457 e. The fraction of sp³-hybridized carbons (Fsp3) is 0.304. The Balaban J connectivity index is 1.45. The van der Waals surface area contributed by atoms with Gasteiger partial charge in [-0.15, -0.1) is 0 Å². The van der Waals surface area contributed by atoms with Crippen LogP contribution in [0.5, 0.6) is 0 Å². The summed E-state index contributed by atoms with van der Waals surface area (Å²) in [6.07, 6.45) is 2.61. The van der Waals surface area contributed by atoms with E-state index in [4.69, 9.17) is 16.3 Å². The van der Waals surface area contributed by atoms with Crippen LogP contribution < -0.4 is 10.9 Å². The normalized spacial score (nSPS) is 18.4. The van der Waals surface area contributed by atoms with Gasteiger partial charge in [0.15, 0.2) is 5.78 Å². The number of piperidine rings is 1. The van der Waals surface area contributed by atoms with E-state index < -0.39 is 12.1 Å². The second-order valence-corrected chi connectivity index (χ2v) is 8.98. The number of aromatic nitrogens is 2. The molecule has 9 heteroatoms. The number of ketones is 1. The lowest BCUT2D eigenvalue weighted by molar-refractivity contribution is -0.121. The summed E-state index contributed by atoms with van der Waals surface area (Å²) in [4.78, 5) is 42.3. The molecule has 0 radical (unpaired) electrons. The summed E-state index contributed by atoms with van der Waals surface area (Å²) >= 11 is 9.42. The number of Topliss-reactive ketones (excluding diaryl/α,β-unsaturated/α-hetero) is 1. The van der Waals surface area contributed by atoms with E-state index in [0.29, 0.717) is 32.4 Å². The van der Waals surface area contributed by atoms with Crippen LogP contribution in [0.4, 0.5) is 0 Å². The predicted molar refractivity (Wildman–Crippen MR) is 125 cm³/mol. The summed E-state index contributed by atoms with van der Waals surface area (Å²) in [5.74, 6) is -0.564. The molecule has 1 aliphatic heterocycles. The number of hydrogen-bond donors (Lipinski definition) is 1. The number of carbonyl (C=O) groups is 2. The Hall–Kier alpha value is -2.55. The van der Waals surface area contributed by atoms with Gasteiger partial charge < -0.3 is 10.1 Å². The molecule has 2 atom stereocenters. The Morgan fingerprint density at radius 2 is 2.03 bits per heavy atom. The lowest BCUT2D eigenvalue weighted by Crippen LogP contribution is -2.48. The molecule has 32 heavy (non-hydrogen) atoms. The van der Waals surface area contributed by atoms with Crippen molar-refractivity contribution in [3.63, 3.8) is 0 Å². The van der Waals surface area contributed by atoms with Crippen molar-refractivity contribution >= 4 is 50.2 Å². The van der Waals surface area contributed by atoms with Gasteiger partial charge in [0, 0.05) is 10.9 Å². The van der Waals surface area contributed by atoms with E-state index in [2.05, 4.69) is 26.2 Å². The lowest BCUT2D eigenvalue weighted by atomic mass is 9.96. The van der Waals surface area contributed by atoms with Gasteiger partial charge in [-0.2, -0.15) is 0 Å². The lowest BCUT2D eigenvalue weighted by Gasteiger charge is -2.32. The summed E-state index contributed by atoms with van der Waals surface area (Å²) in [5, 5.41) is 4.02. The van der Waals surface area contributed by atoms with E-state index in [0.717, 1.165) is 13.0 Å². The van der Waals surface area contributed by atoms with Crippen molar-refractivity contribution < 1.29 is 14.3 Å². The topological polar surface area (TPSA) is 90.3 Å². The van der Waals surface area contributed by atoms with E-state index in [1.807, 2.05) is 6.07 Å². The third-order valence-electron chi connectivity index (χ3n) is 5.45. The number of rotatable bonds is 6. The SMILES string of the molecule is O=C(C[C@H]1NCCC[C@@H]1OC(=O)c1ccccc1)Cn1cnc2cc(Br)c(Cl)cc2c1=O. The van der Waals surface area contributed by atoms with Crippen molar-refractivity contribution in [1.82, 2.24) is 14.9 Å². The van der Waals surface area contributed by atoms with E-state index in [1.165, 1.54) is 10.9 Å². The first-order valence-electron chi connectivity index (χ1n) is 10.3. The third kappa shape index (κ3) is 5.09. The molecule has 1 saturated heterocycles. The maximum Gasteiger partial charge on any atom is 0.338 e. The van der Waals surface area contributed by atoms with Crippen LogP contribution in [0.3, 0.4) is 0 Å². The molecule has 0 saturated carbocycles. The Kier molecular flexibility index (Phi) is 7.03. The van der Waals surface area contributed by atoms with Crippen LogP contribution in [-0.4, -0.2) is 40.0 Å². The van der Waals surface area contributed by atoms with Gasteiger partial charge in [-0.25, -0.2) is 9.78 Å². The number of ether oxygens (including phenoxy) is 1. The van der Waals surface area contributed by atoms with Crippen LogP contribution in [0.15, 0.2) is 58.1 Å². The zero-order chi connectivity index (χ0) is 22.7. The van der Waals surface area contributed by atoms with E-state index >= 15 is 0 Å². The number of fused-ring (bicyclic) bond motifs is 1. The highest BCUT2D eigenvalue weighted by molar-refractivity contribution is 9.10. The number of nitrogens with zero attached hydrogens (tertiary/aromatic N) is 2. The predicted octanol–water partition coefficient (Wildman–Crippen LogP) is 3.75. The standard InChI is InChI=1S/C23H21BrClN3O4/c24-17-11-19-16(10-18(17)25)22(30)28(13-27-19)12-15(29)9-20-21(7-4-8-26-20)32-23(31)14-5-2-1-3-6-14/h1-3,5-6,10-11,13,20-21,26H,4,7-9,12H2/t20-,21+/m1/s1. The zero-order valence-electron chi connectivity index (χ0n) is 17.1. The summed E-state index contributed by atoms with van der Waals surface area (Å²) in [6, 6.07) is 11.7. The molecule has 0 spiro atoms. The minimum absolute atomic E-state index is 0.118. The molecule has 7 nitrogen and oxygen atoms in total. The Labute approximate surface area is 197 Å². The molecule has 1 N–H and O–H groups in total. The zero-order valence-corrected chi connectivity index (χ0v) is 19.4. The maximum absolute atomic E-state index is 12.8. The van der Waals surface area contributed by atoms with E-state index in [1.54, 1.807) is 36.4 Å². The summed E-state index contributed by atoms with van der Waals surface area (Å²) in [7, 11) is 0. The molecule has 3 aromatic rings. The van der Waals surface area contributed by atoms with Crippen LogP contribution in [-0.2, 0) is 16.1 Å². The second-order valence-electron chi connectivity index (χ2n) is 7.72. The number of carbonyl (C=O) groups excluding carboxylic acids is 2. The van der Waals surface area contributed by atoms with Crippen molar-refractivity contribution in [2.75, 3.05) is 6.54 Å². The number of halogens is 2. The molecule has 4 rings (SSSR count). The second kappa shape index (κ2) is 9.94. The summed E-state index contributed by atoms with van der Waals surface area (Å²) < 4.78 is 7.62. The molecule has 1 aromatic heterocycles. The molecule has 166 valence electrons. The molecule has 1 fully saturated rings. The van der Waals surface area contributed by atoms with Crippen molar-refractivity contribution in [1.29, 1.82) is 0 Å². The van der Waals surface area contributed by atoms with Gasteiger partial charge in [-0.05, 0) is 59.6 Å². The Morgan fingerprint density at radius 3 is 2.81 bits per heavy atom. The number of benzene rings is 2.